The van der Waals surface area contributed by atoms with E-state index in [1.54, 1.807) is 4.90 Å². The molecule has 3 nitrogen and oxygen atoms in total. The highest BCUT2D eigenvalue weighted by molar-refractivity contribution is 8.27. The normalized spacial score (nSPS) is 15.8. The summed E-state index contributed by atoms with van der Waals surface area (Å²) in [7, 11) is 4.01. The molecule has 3 aromatic rings. The molecule has 1 aliphatic heterocycles. The van der Waals surface area contributed by atoms with Crippen molar-refractivity contribution >= 4 is 62.4 Å². The van der Waals surface area contributed by atoms with Gasteiger partial charge >= 0.3 is 0 Å². The SMILES string of the molecule is CN(C)c1ccc(/C=C2/SC(=S)N(c3cccc4ccccc34)C2=O)cc1. The van der Waals surface area contributed by atoms with Crippen molar-refractivity contribution in [1.29, 1.82) is 0 Å². The van der Waals surface area contributed by atoms with E-state index in [9.17, 15) is 4.79 Å². The number of nitrogens with zero attached hydrogens (tertiary/aromatic N) is 2. The van der Waals surface area contributed by atoms with E-state index >= 15 is 0 Å². The molecule has 0 N–H and O–H groups in total. The molecule has 0 unspecified atom stereocenters. The summed E-state index contributed by atoms with van der Waals surface area (Å²) in [6.45, 7) is 0. The minimum absolute atomic E-state index is 0.0713. The highest BCUT2D eigenvalue weighted by Crippen LogP contribution is 2.38. The van der Waals surface area contributed by atoms with E-state index in [1.165, 1.54) is 11.8 Å². The molecule has 0 atom stereocenters. The van der Waals surface area contributed by atoms with Crippen LogP contribution in [0.3, 0.4) is 0 Å². The number of anilines is 2. The standard InChI is InChI=1S/C22H18N2OS2/c1-23(2)17-12-10-15(11-13-17)14-20-21(25)24(22(26)27-20)19-9-5-7-16-6-3-4-8-18(16)19/h3-14H,1-2H3/b20-14+. The molecule has 0 aliphatic carbocycles. The van der Waals surface area contributed by atoms with Crippen molar-refractivity contribution in [2.75, 3.05) is 23.9 Å². The second kappa shape index (κ2) is 7.18. The molecule has 1 aliphatic rings. The zero-order valence-corrected chi connectivity index (χ0v) is 16.7. The van der Waals surface area contributed by atoms with E-state index in [0.29, 0.717) is 9.23 Å². The Balaban J connectivity index is 1.69. The molecule has 1 saturated heterocycles. The number of carbonyl (C=O) groups is 1. The summed E-state index contributed by atoms with van der Waals surface area (Å²) in [6.07, 6.45) is 1.91. The van der Waals surface area contributed by atoms with Gasteiger partial charge in [-0.05, 0) is 35.2 Å². The van der Waals surface area contributed by atoms with Crippen LogP contribution in [-0.2, 0) is 4.79 Å². The van der Waals surface area contributed by atoms with Crippen molar-refractivity contribution in [1.82, 2.24) is 0 Å². The maximum Gasteiger partial charge on any atom is 0.270 e. The predicted octanol–water partition coefficient (Wildman–Crippen LogP) is 5.31. The number of amides is 1. The monoisotopic (exact) mass is 390 g/mol. The fourth-order valence-corrected chi connectivity index (χ4v) is 4.38. The smallest absolute Gasteiger partial charge is 0.270 e. The Morgan fingerprint density at radius 3 is 2.41 bits per heavy atom. The topological polar surface area (TPSA) is 23.6 Å². The van der Waals surface area contributed by atoms with Gasteiger partial charge in [-0.3, -0.25) is 9.69 Å². The maximum atomic E-state index is 13.1. The van der Waals surface area contributed by atoms with E-state index in [-0.39, 0.29) is 5.91 Å². The Labute approximate surface area is 168 Å². The van der Waals surface area contributed by atoms with Crippen molar-refractivity contribution in [2.45, 2.75) is 0 Å². The van der Waals surface area contributed by atoms with Gasteiger partial charge in [-0.25, -0.2) is 0 Å². The zero-order chi connectivity index (χ0) is 19.0. The van der Waals surface area contributed by atoms with Crippen molar-refractivity contribution in [3.63, 3.8) is 0 Å². The van der Waals surface area contributed by atoms with Gasteiger partial charge < -0.3 is 4.90 Å². The summed E-state index contributed by atoms with van der Waals surface area (Å²) in [5.74, 6) is -0.0713. The lowest BCUT2D eigenvalue weighted by Gasteiger charge is -2.17. The Morgan fingerprint density at radius 2 is 1.67 bits per heavy atom. The number of thioether (sulfide) groups is 1. The molecule has 5 heteroatoms. The summed E-state index contributed by atoms with van der Waals surface area (Å²) in [5.41, 5.74) is 2.94. The minimum Gasteiger partial charge on any atom is -0.378 e. The summed E-state index contributed by atoms with van der Waals surface area (Å²) in [5, 5.41) is 2.11. The molecule has 4 rings (SSSR count). The van der Waals surface area contributed by atoms with E-state index in [4.69, 9.17) is 12.2 Å². The van der Waals surface area contributed by atoms with E-state index in [1.807, 2.05) is 91.8 Å². The molecule has 0 aromatic heterocycles. The van der Waals surface area contributed by atoms with Crippen molar-refractivity contribution in [3.05, 3.63) is 77.2 Å². The Kier molecular flexibility index (Phi) is 4.72. The summed E-state index contributed by atoms with van der Waals surface area (Å²) in [4.78, 5) is 17.4. The molecule has 134 valence electrons. The first-order valence-electron chi connectivity index (χ1n) is 8.58. The summed E-state index contributed by atoms with van der Waals surface area (Å²) >= 11 is 6.88. The number of fused-ring (bicyclic) bond motifs is 1. The van der Waals surface area contributed by atoms with E-state index in [2.05, 4.69) is 0 Å². The van der Waals surface area contributed by atoms with Crippen LogP contribution in [0.1, 0.15) is 5.56 Å². The maximum absolute atomic E-state index is 13.1. The number of thiocarbonyl (C=S) groups is 1. The molecule has 0 spiro atoms. The number of hydrogen-bond donors (Lipinski definition) is 0. The second-order valence-electron chi connectivity index (χ2n) is 6.50. The molecule has 3 aromatic carbocycles. The molecule has 0 bridgehead atoms. The number of benzene rings is 3. The lowest BCUT2D eigenvalue weighted by Crippen LogP contribution is -2.27. The third-order valence-corrected chi connectivity index (χ3v) is 5.81. The van der Waals surface area contributed by atoms with E-state index < -0.39 is 0 Å². The molecule has 0 saturated carbocycles. The number of carbonyl (C=O) groups excluding carboxylic acids is 1. The first-order valence-corrected chi connectivity index (χ1v) is 9.80. The van der Waals surface area contributed by atoms with Crippen LogP contribution in [0, 0.1) is 0 Å². The largest absolute Gasteiger partial charge is 0.378 e. The van der Waals surface area contributed by atoms with Gasteiger partial charge in [0.2, 0.25) is 0 Å². The van der Waals surface area contributed by atoms with E-state index in [0.717, 1.165) is 27.7 Å². The van der Waals surface area contributed by atoms with Crippen molar-refractivity contribution < 1.29 is 4.79 Å². The lowest BCUT2D eigenvalue weighted by molar-refractivity contribution is -0.113. The van der Waals surface area contributed by atoms with Crippen LogP contribution in [0.25, 0.3) is 16.8 Å². The van der Waals surface area contributed by atoms with Gasteiger partial charge in [-0.15, -0.1) is 0 Å². The van der Waals surface area contributed by atoms with Crippen LogP contribution in [0.2, 0.25) is 0 Å². The molecular formula is C22H18N2OS2. The van der Waals surface area contributed by atoms with Crippen LogP contribution in [0.15, 0.2) is 71.6 Å². The van der Waals surface area contributed by atoms with Crippen LogP contribution in [-0.4, -0.2) is 24.3 Å². The van der Waals surface area contributed by atoms with Gasteiger partial charge in [-0.2, -0.15) is 0 Å². The van der Waals surface area contributed by atoms with Crippen molar-refractivity contribution in [3.8, 4) is 0 Å². The Morgan fingerprint density at radius 1 is 0.963 bits per heavy atom. The average molecular weight is 391 g/mol. The van der Waals surface area contributed by atoms with Gasteiger partial charge in [0, 0.05) is 25.2 Å². The molecular weight excluding hydrogens is 372 g/mol. The zero-order valence-electron chi connectivity index (χ0n) is 15.0. The lowest BCUT2D eigenvalue weighted by atomic mass is 10.1. The van der Waals surface area contributed by atoms with Gasteiger partial charge in [0.1, 0.15) is 0 Å². The van der Waals surface area contributed by atoms with Crippen LogP contribution < -0.4 is 9.80 Å². The summed E-state index contributed by atoms with van der Waals surface area (Å²) < 4.78 is 0.563. The third-order valence-electron chi connectivity index (χ3n) is 4.51. The van der Waals surface area contributed by atoms with Crippen LogP contribution in [0.5, 0.6) is 0 Å². The molecule has 0 radical (unpaired) electrons. The van der Waals surface area contributed by atoms with Crippen molar-refractivity contribution in [2.24, 2.45) is 0 Å². The van der Waals surface area contributed by atoms with Crippen LogP contribution >= 0.6 is 24.0 Å². The van der Waals surface area contributed by atoms with Crippen LogP contribution in [0.4, 0.5) is 11.4 Å². The second-order valence-corrected chi connectivity index (χ2v) is 8.18. The van der Waals surface area contributed by atoms with Gasteiger partial charge in [-0.1, -0.05) is 72.5 Å². The molecule has 1 heterocycles. The van der Waals surface area contributed by atoms with Gasteiger partial charge in [0.05, 0.1) is 10.6 Å². The number of rotatable bonds is 3. The molecule has 27 heavy (non-hydrogen) atoms. The predicted molar refractivity (Wildman–Crippen MR) is 120 cm³/mol. The average Bonchev–Trinajstić information content (AvgIpc) is 2.95. The highest BCUT2D eigenvalue weighted by atomic mass is 32.2. The van der Waals surface area contributed by atoms with Gasteiger partial charge in [0.15, 0.2) is 4.32 Å². The minimum atomic E-state index is -0.0713. The fraction of sp³-hybridized carbons (Fsp3) is 0.0909. The van der Waals surface area contributed by atoms with Gasteiger partial charge in [0.25, 0.3) is 5.91 Å². The Bertz CT molecular complexity index is 1070. The quantitative estimate of drug-likeness (QED) is 0.447. The highest BCUT2D eigenvalue weighted by Gasteiger charge is 2.34. The first kappa shape index (κ1) is 17.8. The number of hydrogen-bond acceptors (Lipinski definition) is 4. The summed E-state index contributed by atoms with van der Waals surface area (Å²) in [6, 6.07) is 22.1. The molecule has 1 amide bonds. The fourth-order valence-electron chi connectivity index (χ4n) is 3.10. The first-order chi connectivity index (χ1) is 13.0. The molecule has 1 fully saturated rings. The third kappa shape index (κ3) is 3.36. The Hall–Kier alpha value is -2.63.